The molecule has 1 atom stereocenters. The summed E-state index contributed by atoms with van der Waals surface area (Å²) in [7, 11) is 0. The van der Waals surface area contributed by atoms with Crippen LogP contribution in [0.3, 0.4) is 0 Å². The number of halogens is 1. The summed E-state index contributed by atoms with van der Waals surface area (Å²) >= 11 is 3.20. The topological polar surface area (TPSA) is 62.2 Å². The molecule has 1 heterocycles. The Balaban J connectivity index is 2.61. The highest BCUT2D eigenvalue weighted by Gasteiger charge is 2.10. The minimum Gasteiger partial charge on any atom is -0.396 e. The molecule has 0 bridgehead atoms. The molecule has 0 saturated carbocycles. The van der Waals surface area contributed by atoms with Crippen molar-refractivity contribution in [3.8, 4) is 0 Å². The lowest BCUT2D eigenvalue weighted by atomic mass is 10.2. The predicted molar refractivity (Wildman–Crippen MR) is 60.6 cm³/mol. The second-order valence-corrected chi connectivity index (χ2v) is 4.04. The first-order valence-corrected chi connectivity index (χ1v) is 5.47. The van der Waals surface area contributed by atoms with Gasteiger partial charge in [0.1, 0.15) is 10.3 Å². The Hall–Kier alpha value is -0.940. The third-order valence-corrected chi connectivity index (χ3v) is 2.33. The van der Waals surface area contributed by atoms with E-state index in [1.807, 2.05) is 6.92 Å². The fraction of sp³-hybridized carbons (Fsp3) is 0.400. The van der Waals surface area contributed by atoms with Gasteiger partial charge in [-0.1, -0.05) is 6.07 Å². The van der Waals surface area contributed by atoms with Crippen LogP contribution in [-0.4, -0.2) is 28.6 Å². The van der Waals surface area contributed by atoms with Crippen molar-refractivity contribution in [3.05, 3.63) is 28.5 Å². The van der Waals surface area contributed by atoms with Gasteiger partial charge in [0.25, 0.3) is 5.91 Å². The standard InChI is InChI=1S/C10H13BrN2O2/c1-7(5-6-14)12-10(15)8-3-2-4-9(11)13-8/h2-4,7,14H,5-6H2,1H3,(H,12,15). The average molecular weight is 273 g/mol. The Morgan fingerprint density at radius 2 is 2.40 bits per heavy atom. The van der Waals surface area contributed by atoms with Crippen LogP contribution in [0, 0.1) is 0 Å². The summed E-state index contributed by atoms with van der Waals surface area (Å²) in [6, 6.07) is 5.10. The fourth-order valence-corrected chi connectivity index (χ4v) is 1.44. The summed E-state index contributed by atoms with van der Waals surface area (Å²) in [6.45, 7) is 1.90. The van der Waals surface area contributed by atoms with Crippen LogP contribution >= 0.6 is 15.9 Å². The van der Waals surface area contributed by atoms with Crippen LogP contribution in [-0.2, 0) is 0 Å². The third kappa shape index (κ3) is 3.97. The number of carbonyl (C=O) groups is 1. The summed E-state index contributed by atoms with van der Waals surface area (Å²) in [5.74, 6) is -0.225. The average Bonchev–Trinajstić information content (AvgIpc) is 2.18. The number of aliphatic hydroxyl groups excluding tert-OH is 1. The smallest absolute Gasteiger partial charge is 0.270 e. The zero-order valence-electron chi connectivity index (χ0n) is 8.40. The molecule has 82 valence electrons. The van der Waals surface area contributed by atoms with E-state index in [1.54, 1.807) is 18.2 Å². The van der Waals surface area contributed by atoms with Gasteiger partial charge in [0, 0.05) is 12.6 Å². The molecule has 0 radical (unpaired) electrons. The van der Waals surface area contributed by atoms with E-state index in [0.29, 0.717) is 16.7 Å². The number of nitrogens with one attached hydrogen (secondary N) is 1. The van der Waals surface area contributed by atoms with Crippen molar-refractivity contribution in [2.75, 3.05) is 6.61 Å². The van der Waals surface area contributed by atoms with Crippen molar-refractivity contribution in [3.63, 3.8) is 0 Å². The molecular weight excluding hydrogens is 260 g/mol. The molecule has 5 heteroatoms. The summed E-state index contributed by atoms with van der Waals surface area (Å²) < 4.78 is 0.630. The van der Waals surface area contributed by atoms with E-state index in [0.717, 1.165) is 0 Å². The maximum absolute atomic E-state index is 11.6. The second-order valence-electron chi connectivity index (χ2n) is 3.23. The molecule has 1 aromatic rings. The van der Waals surface area contributed by atoms with Gasteiger partial charge in [-0.3, -0.25) is 4.79 Å². The van der Waals surface area contributed by atoms with Gasteiger partial charge in [-0.05, 0) is 41.4 Å². The molecule has 0 fully saturated rings. The number of aliphatic hydroxyl groups is 1. The van der Waals surface area contributed by atoms with E-state index in [9.17, 15) is 4.79 Å². The Labute approximate surface area is 96.8 Å². The van der Waals surface area contributed by atoms with Gasteiger partial charge in [0.2, 0.25) is 0 Å². The van der Waals surface area contributed by atoms with Gasteiger partial charge in [-0.2, -0.15) is 0 Å². The molecule has 0 aliphatic heterocycles. The lowest BCUT2D eigenvalue weighted by Crippen LogP contribution is -2.33. The first-order chi connectivity index (χ1) is 7.13. The molecule has 0 saturated heterocycles. The molecule has 1 unspecified atom stereocenters. The van der Waals surface area contributed by atoms with Crippen molar-refractivity contribution in [1.29, 1.82) is 0 Å². The third-order valence-electron chi connectivity index (χ3n) is 1.89. The van der Waals surface area contributed by atoms with Crippen LogP contribution < -0.4 is 5.32 Å². The van der Waals surface area contributed by atoms with Crippen molar-refractivity contribution < 1.29 is 9.90 Å². The summed E-state index contributed by atoms with van der Waals surface area (Å²) in [5.41, 5.74) is 0.370. The van der Waals surface area contributed by atoms with E-state index in [2.05, 4.69) is 26.2 Å². The predicted octanol–water partition coefficient (Wildman–Crippen LogP) is 1.34. The SMILES string of the molecule is CC(CCO)NC(=O)c1cccc(Br)n1. The van der Waals surface area contributed by atoms with Crippen molar-refractivity contribution >= 4 is 21.8 Å². The highest BCUT2D eigenvalue weighted by atomic mass is 79.9. The van der Waals surface area contributed by atoms with E-state index < -0.39 is 0 Å². The number of hydrogen-bond acceptors (Lipinski definition) is 3. The Morgan fingerprint density at radius 3 is 3.00 bits per heavy atom. The minimum absolute atomic E-state index is 0.0525. The highest BCUT2D eigenvalue weighted by Crippen LogP contribution is 2.06. The van der Waals surface area contributed by atoms with Gasteiger partial charge in [-0.15, -0.1) is 0 Å². The maximum Gasteiger partial charge on any atom is 0.270 e. The second kappa shape index (κ2) is 5.82. The number of carbonyl (C=O) groups excluding carboxylic acids is 1. The molecule has 0 aliphatic rings. The van der Waals surface area contributed by atoms with Crippen LogP contribution in [0.15, 0.2) is 22.8 Å². The summed E-state index contributed by atoms with van der Waals surface area (Å²) in [4.78, 5) is 15.6. The number of pyridine rings is 1. The Morgan fingerprint density at radius 1 is 1.67 bits per heavy atom. The summed E-state index contributed by atoms with van der Waals surface area (Å²) in [6.07, 6.45) is 0.541. The van der Waals surface area contributed by atoms with Gasteiger partial charge >= 0.3 is 0 Å². The van der Waals surface area contributed by atoms with E-state index in [4.69, 9.17) is 5.11 Å². The Kier molecular flexibility index (Phi) is 4.71. The number of aromatic nitrogens is 1. The molecule has 4 nitrogen and oxygen atoms in total. The zero-order chi connectivity index (χ0) is 11.3. The normalized spacial score (nSPS) is 12.2. The molecule has 0 spiro atoms. The number of hydrogen-bond donors (Lipinski definition) is 2. The van der Waals surface area contributed by atoms with Crippen LogP contribution in [0.2, 0.25) is 0 Å². The minimum atomic E-state index is -0.225. The summed E-state index contributed by atoms with van der Waals surface area (Å²) in [5, 5.41) is 11.4. The first-order valence-electron chi connectivity index (χ1n) is 4.67. The van der Waals surface area contributed by atoms with E-state index in [-0.39, 0.29) is 18.6 Å². The number of nitrogens with zero attached hydrogens (tertiary/aromatic N) is 1. The van der Waals surface area contributed by atoms with Gasteiger partial charge in [-0.25, -0.2) is 4.98 Å². The molecule has 0 aliphatic carbocycles. The molecule has 1 amide bonds. The van der Waals surface area contributed by atoms with Crippen LogP contribution in [0.25, 0.3) is 0 Å². The quantitative estimate of drug-likeness (QED) is 0.814. The lowest BCUT2D eigenvalue weighted by molar-refractivity contribution is 0.0929. The molecule has 0 aromatic carbocycles. The van der Waals surface area contributed by atoms with Gasteiger partial charge in [0.05, 0.1) is 0 Å². The Bertz CT molecular complexity index is 344. The van der Waals surface area contributed by atoms with Crippen LogP contribution in [0.4, 0.5) is 0 Å². The van der Waals surface area contributed by atoms with Crippen molar-refractivity contribution in [2.24, 2.45) is 0 Å². The maximum atomic E-state index is 11.6. The molecule has 1 rings (SSSR count). The van der Waals surface area contributed by atoms with Crippen molar-refractivity contribution in [2.45, 2.75) is 19.4 Å². The number of rotatable bonds is 4. The van der Waals surface area contributed by atoms with Gasteiger partial charge < -0.3 is 10.4 Å². The van der Waals surface area contributed by atoms with Gasteiger partial charge in [0.15, 0.2) is 0 Å². The van der Waals surface area contributed by atoms with E-state index >= 15 is 0 Å². The highest BCUT2D eigenvalue weighted by molar-refractivity contribution is 9.10. The molecular formula is C10H13BrN2O2. The molecule has 15 heavy (non-hydrogen) atoms. The van der Waals surface area contributed by atoms with E-state index in [1.165, 1.54) is 0 Å². The van der Waals surface area contributed by atoms with Crippen LogP contribution in [0.1, 0.15) is 23.8 Å². The lowest BCUT2D eigenvalue weighted by Gasteiger charge is -2.11. The van der Waals surface area contributed by atoms with Crippen molar-refractivity contribution in [1.82, 2.24) is 10.3 Å². The molecule has 2 N–H and O–H groups in total. The fourth-order valence-electron chi connectivity index (χ4n) is 1.10. The van der Waals surface area contributed by atoms with Crippen LogP contribution in [0.5, 0.6) is 0 Å². The molecule has 1 aromatic heterocycles. The number of amides is 1. The monoisotopic (exact) mass is 272 g/mol. The zero-order valence-corrected chi connectivity index (χ0v) is 9.99. The first kappa shape index (κ1) is 12.1. The largest absolute Gasteiger partial charge is 0.396 e.